The highest BCUT2D eigenvalue weighted by Crippen LogP contribution is 2.37. The maximum Gasteiger partial charge on any atom is 0.237 e. The van der Waals surface area contributed by atoms with Gasteiger partial charge in [0.15, 0.2) is 5.82 Å². The lowest BCUT2D eigenvalue weighted by Gasteiger charge is -2.06. The number of hydrogen-bond donors (Lipinski definition) is 0. The predicted molar refractivity (Wildman–Crippen MR) is 70.9 cm³/mol. The Bertz CT molecular complexity index is 455. The maximum absolute atomic E-state index is 12.1. The third-order valence-corrected chi connectivity index (χ3v) is 4.62. The van der Waals surface area contributed by atoms with Crippen LogP contribution in [0, 0.1) is 5.92 Å². The SMILES string of the molecule is CC1CCC(c2noc(C3CCCCCC3=O)n2)C1. The van der Waals surface area contributed by atoms with Crippen LogP contribution < -0.4 is 0 Å². The molecule has 1 heterocycles. The molecule has 2 saturated carbocycles. The van der Waals surface area contributed by atoms with Gasteiger partial charge in [0.25, 0.3) is 0 Å². The monoisotopic (exact) mass is 262 g/mol. The Kier molecular flexibility index (Phi) is 3.67. The van der Waals surface area contributed by atoms with Crippen molar-refractivity contribution in [1.82, 2.24) is 10.1 Å². The minimum Gasteiger partial charge on any atom is -0.339 e. The number of hydrogen-bond acceptors (Lipinski definition) is 4. The van der Waals surface area contributed by atoms with E-state index in [-0.39, 0.29) is 11.7 Å². The van der Waals surface area contributed by atoms with Gasteiger partial charge in [-0.3, -0.25) is 4.79 Å². The van der Waals surface area contributed by atoms with E-state index in [2.05, 4.69) is 17.1 Å². The minimum absolute atomic E-state index is 0.137. The molecule has 19 heavy (non-hydrogen) atoms. The topological polar surface area (TPSA) is 56.0 Å². The summed E-state index contributed by atoms with van der Waals surface area (Å²) >= 11 is 0. The van der Waals surface area contributed by atoms with E-state index in [0.29, 0.717) is 18.2 Å². The Balaban J connectivity index is 1.74. The van der Waals surface area contributed by atoms with Crippen molar-refractivity contribution in [3.63, 3.8) is 0 Å². The number of rotatable bonds is 2. The van der Waals surface area contributed by atoms with Gasteiger partial charge < -0.3 is 4.52 Å². The molecule has 1 aromatic rings. The summed E-state index contributed by atoms with van der Waals surface area (Å²) in [6, 6.07) is 0. The van der Waals surface area contributed by atoms with Crippen LogP contribution >= 0.6 is 0 Å². The van der Waals surface area contributed by atoms with Gasteiger partial charge in [0, 0.05) is 12.3 Å². The Labute approximate surface area is 114 Å². The third-order valence-electron chi connectivity index (χ3n) is 4.62. The average molecular weight is 262 g/mol. The van der Waals surface area contributed by atoms with Crippen molar-refractivity contribution in [2.75, 3.05) is 0 Å². The molecule has 2 aliphatic rings. The number of carbonyl (C=O) groups excluding carboxylic acids is 1. The molecule has 104 valence electrons. The van der Waals surface area contributed by atoms with E-state index in [1.807, 2.05) is 0 Å². The highest BCUT2D eigenvalue weighted by molar-refractivity contribution is 5.84. The quantitative estimate of drug-likeness (QED) is 0.764. The minimum atomic E-state index is -0.137. The number of nitrogens with zero attached hydrogens (tertiary/aromatic N) is 2. The van der Waals surface area contributed by atoms with Gasteiger partial charge in [0.05, 0.1) is 5.92 Å². The van der Waals surface area contributed by atoms with E-state index in [1.165, 1.54) is 6.42 Å². The van der Waals surface area contributed by atoms with Crippen molar-refractivity contribution in [2.45, 2.75) is 70.1 Å². The van der Waals surface area contributed by atoms with Crippen molar-refractivity contribution in [2.24, 2.45) is 5.92 Å². The molecule has 0 radical (unpaired) electrons. The highest BCUT2D eigenvalue weighted by Gasteiger charge is 2.31. The number of aromatic nitrogens is 2. The van der Waals surface area contributed by atoms with Gasteiger partial charge in [-0.15, -0.1) is 0 Å². The Hall–Kier alpha value is -1.19. The molecule has 0 N–H and O–H groups in total. The summed E-state index contributed by atoms with van der Waals surface area (Å²) in [4.78, 5) is 16.6. The number of carbonyl (C=O) groups is 1. The second-order valence-electron chi connectivity index (χ2n) is 6.22. The van der Waals surface area contributed by atoms with Gasteiger partial charge >= 0.3 is 0 Å². The van der Waals surface area contributed by atoms with E-state index in [4.69, 9.17) is 4.52 Å². The lowest BCUT2D eigenvalue weighted by Crippen LogP contribution is -2.11. The molecule has 0 saturated heterocycles. The van der Waals surface area contributed by atoms with Crippen molar-refractivity contribution in [1.29, 1.82) is 0 Å². The zero-order chi connectivity index (χ0) is 13.2. The van der Waals surface area contributed by atoms with Crippen LogP contribution in [-0.2, 0) is 4.79 Å². The molecule has 0 spiro atoms. The van der Waals surface area contributed by atoms with Gasteiger partial charge in [0.2, 0.25) is 5.89 Å². The van der Waals surface area contributed by atoms with Crippen LogP contribution in [0.5, 0.6) is 0 Å². The normalized spacial score (nSPS) is 32.5. The van der Waals surface area contributed by atoms with Crippen LogP contribution in [0.1, 0.15) is 81.8 Å². The standard InChI is InChI=1S/C15H22N2O2/c1-10-7-8-11(9-10)14-16-15(19-17-14)12-5-3-2-4-6-13(12)18/h10-12H,2-9H2,1H3. The van der Waals surface area contributed by atoms with Crippen LogP contribution in [0.15, 0.2) is 4.52 Å². The lowest BCUT2D eigenvalue weighted by atomic mass is 9.99. The van der Waals surface area contributed by atoms with Crippen LogP contribution in [0.4, 0.5) is 0 Å². The third kappa shape index (κ3) is 2.72. The Morgan fingerprint density at radius 1 is 1.16 bits per heavy atom. The van der Waals surface area contributed by atoms with E-state index in [9.17, 15) is 4.79 Å². The lowest BCUT2D eigenvalue weighted by molar-refractivity contribution is -0.120. The van der Waals surface area contributed by atoms with Crippen molar-refractivity contribution in [3.8, 4) is 0 Å². The summed E-state index contributed by atoms with van der Waals surface area (Å²) in [6.45, 7) is 2.27. The smallest absolute Gasteiger partial charge is 0.237 e. The van der Waals surface area contributed by atoms with Crippen LogP contribution in [-0.4, -0.2) is 15.9 Å². The summed E-state index contributed by atoms with van der Waals surface area (Å²) in [7, 11) is 0. The van der Waals surface area contributed by atoms with Crippen molar-refractivity contribution in [3.05, 3.63) is 11.7 Å². The molecule has 0 aromatic carbocycles. The summed E-state index contributed by atoms with van der Waals surface area (Å²) < 4.78 is 5.40. The Morgan fingerprint density at radius 2 is 2.05 bits per heavy atom. The Morgan fingerprint density at radius 3 is 2.84 bits per heavy atom. The molecule has 4 heteroatoms. The van der Waals surface area contributed by atoms with Gasteiger partial charge in [-0.05, 0) is 38.0 Å². The fraction of sp³-hybridized carbons (Fsp3) is 0.800. The van der Waals surface area contributed by atoms with Crippen molar-refractivity contribution >= 4 is 5.78 Å². The summed E-state index contributed by atoms with van der Waals surface area (Å²) in [6.07, 6.45) is 8.34. The summed E-state index contributed by atoms with van der Waals surface area (Å²) in [5.74, 6) is 2.74. The molecule has 3 unspecified atom stereocenters. The zero-order valence-corrected chi connectivity index (χ0v) is 11.6. The second-order valence-corrected chi connectivity index (χ2v) is 6.22. The first-order valence-electron chi connectivity index (χ1n) is 7.60. The van der Waals surface area contributed by atoms with E-state index < -0.39 is 0 Å². The molecule has 0 bridgehead atoms. The van der Waals surface area contributed by atoms with Crippen LogP contribution in [0.3, 0.4) is 0 Å². The molecule has 3 rings (SSSR count). The van der Waals surface area contributed by atoms with Crippen LogP contribution in [0.2, 0.25) is 0 Å². The van der Waals surface area contributed by atoms with E-state index >= 15 is 0 Å². The van der Waals surface area contributed by atoms with Crippen molar-refractivity contribution < 1.29 is 9.32 Å². The van der Waals surface area contributed by atoms with E-state index in [0.717, 1.165) is 50.3 Å². The first kappa shape index (κ1) is 12.8. The van der Waals surface area contributed by atoms with Gasteiger partial charge in [-0.25, -0.2) is 0 Å². The second kappa shape index (κ2) is 5.43. The molecule has 2 aliphatic carbocycles. The number of Topliss-reactive ketones (excluding diaryl/α,β-unsaturated/α-hetero) is 1. The predicted octanol–water partition coefficient (Wildman–Crippen LogP) is 3.59. The first-order valence-corrected chi connectivity index (χ1v) is 7.60. The molecule has 0 amide bonds. The number of ketones is 1. The van der Waals surface area contributed by atoms with E-state index in [1.54, 1.807) is 0 Å². The molecular formula is C15H22N2O2. The molecule has 4 nitrogen and oxygen atoms in total. The summed E-state index contributed by atoms with van der Waals surface area (Å²) in [5.41, 5.74) is 0. The molecule has 3 atom stereocenters. The summed E-state index contributed by atoms with van der Waals surface area (Å²) in [5, 5.41) is 4.13. The zero-order valence-electron chi connectivity index (χ0n) is 11.6. The first-order chi connectivity index (χ1) is 9.24. The largest absolute Gasteiger partial charge is 0.339 e. The highest BCUT2D eigenvalue weighted by atomic mass is 16.5. The van der Waals surface area contributed by atoms with Gasteiger partial charge in [-0.1, -0.05) is 24.9 Å². The maximum atomic E-state index is 12.1. The average Bonchev–Trinajstić information content (AvgIpc) is 2.97. The fourth-order valence-electron chi connectivity index (χ4n) is 3.42. The van der Waals surface area contributed by atoms with Gasteiger partial charge in [-0.2, -0.15) is 4.98 Å². The molecule has 1 aromatic heterocycles. The fourth-order valence-corrected chi connectivity index (χ4v) is 3.42. The molecule has 2 fully saturated rings. The van der Waals surface area contributed by atoms with Gasteiger partial charge in [0.1, 0.15) is 5.78 Å². The van der Waals surface area contributed by atoms with Crippen LogP contribution in [0.25, 0.3) is 0 Å². The molecule has 0 aliphatic heterocycles. The molecular weight excluding hydrogens is 240 g/mol.